The van der Waals surface area contributed by atoms with Gasteiger partial charge in [-0.3, -0.25) is 4.98 Å². The van der Waals surface area contributed by atoms with Gasteiger partial charge in [0.15, 0.2) is 0 Å². The van der Waals surface area contributed by atoms with E-state index in [1.165, 1.54) is 39.1 Å². The first-order chi connectivity index (χ1) is 14.5. The lowest BCUT2D eigenvalue weighted by atomic mass is 9.99. The molecule has 4 aromatic rings. The molecule has 2 aromatic heterocycles. The molecule has 0 aliphatic rings. The number of aryl methyl sites for hydroxylation is 4. The smallest absolute Gasteiger partial charge is 0.141 e. The normalized spacial score (nSPS) is 11.1. The number of hydrogen-bond acceptors (Lipinski definition) is 2. The maximum atomic E-state index is 5.25. The van der Waals surface area contributed by atoms with Crippen LogP contribution in [0.3, 0.4) is 0 Å². The third kappa shape index (κ3) is 3.68. The minimum absolute atomic E-state index is 0.920. The molecule has 0 bridgehead atoms. The summed E-state index contributed by atoms with van der Waals surface area (Å²) in [5, 5.41) is 0. The van der Waals surface area contributed by atoms with Crippen LogP contribution in [-0.2, 0) is 6.54 Å². The predicted octanol–water partition coefficient (Wildman–Crippen LogP) is 6.92. The van der Waals surface area contributed by atoms with Crippen LogP contribution in [0.2, 0.25) is 0 Å². The summed E-state index contributed by atoms with van der Waals surface area (Å²) in [4.78, 5) is 9.47. The van der Waals surface area contributed by atoms with Gasteiger partial charge in [-0.05, 0) is 57.4 Å². The molecule has 0 spiro atoms. The summed E-state index contributed by atoms with van der Waals surface area (Å²) in [7, 11) is 0. The van der Waals surface area contributed by atoms with E-state index in [9.17, 15) is 0 Å². The maximum absolute atomic E-state index is 5.25. The number of hydrogen-bond donors (Lipinski definition) is 0. The number of aromatic nitrogens is 3. The SMILES string of the molecule is CCCn1c(-c2c(C)cc(C)cc2C)nc(-c2ccncc2)c1-c1ccc(C)cc1. The van der Waals surface area contributed by atoms with Gasteiger partial charge in [0.1, 0.15) is 5.82 Å². The molecule has 30 heavy (non-hydrogen) atoms. The third-order valence-electron chi connectivity index (χ3n) is 5.59. The van der Waals surface area contributed by atoms with Crippen molar-refractivity contribution < 1.29 is 0 Å². The van der Waals surface area contributed by atoms with Gasteiger partial charge in [0.25, 0.3) is 0 Å². The topological polar surface area (TPSA) is 30.7 Å². The fourth-order valence-corrected chi connectivity index (χ4v) is 4.33. The Morgan fingerprint density at radius 2 is 1.40 bits per heavy atom. The molecule has 0 fully saturated rings. The van der Waals surface area contributed by atoms with Gasteiger partial charge >= 0.3 is 0 Å². The van der Waals surface area contributed by atoms with Gasteiger partial charge in [-0.1, -0.05) is 54.4 Å². The monoisotopic (exact) mass is 395 g/mol. The van der Waals surface area contributed by atoms with E-state index >= 15 is 0 Å². The highest BCUT2D eigenvalue weighted by molar-refractivity contribution is 5.83. The first-order valence-electron chi connectivity index (χ1n) is 10.7. The molecule has 0 N–H and O–H groups in total. The van der Waals surface area contributed by atoms with Gasteiger partial charge in [0, 0.05) is 35.6 Å². The summed E-state index contributed by atoms with van der Waals surface area (Å²) in [5.41, 5.74) is 10.8. The standard InChI is InChI=1S/C27H29N3/c1-6-15-30-26(23-9-7-18(2)8-10-23)25(22-11-13-28-14-12-22)29-27(30)24-20(4)16-19(3)17-21(24)5/h7-14,16-17H,6,15H2,1-5H3. The third-order valence-corrected chi connectivity index (χ3v) is 5.59. The van der Waals surface area contributed by atoms with Gasteiger partial charge in [-0.15, -0.1) is 0 Å². The second kappa shape index (κ2) is 8.27. The summed E-state index contributed by atoms with van der Waals surface area (Å²) < 4.78 is 2.41. The zero-order valence-electron chi connectivity index (χ0n) is 18.5. The van der Waals surface area contributed by atoms with Crippen LogP contribution < -0.4 is 0 Å². The molecule has 0 aliphatic carbocycles. The van der Waals surface area contributed by atoms with Crippen molar-refractivity contribution in [2.75, 3.05) is 0 Å². The summed E-state index contributed by atoms with van der Waals surface area (Å²) >= 11 is 0. The van der Waals surface area contributed by atoms with Crippen molar-refractivity contribution in [3.63, 3.8) is 0 Å². The Bertz CT molecular complexity index is 1150. The molecule has 3 heteroatoms. The van der Waals surface area contributed by atoms with Gasteiger partial charge in [-0.25, -0.2) is 4.98 Å². The highest BCUT2D eigenvalue weighted by atomic mass is 15.1. The molecule has 2 aromatic carbocycles. The zero-order chi connectivity index (χ0) is 21.3. The minimum atomic E-state index is 0.920. The van der Waals surface area contributed by atoms with Crippen molar-refractivity contribution in [1.82, 2.24) is 14.5 Å². The molecule has 0 amide bonds. The quantitative estimate of drug-likeness (QED) is 0.367. The fourth-order valence-electron chi connectivity index (χ4n) is 4.33. The Balaban J connectivity index is 2.06. The molecular formula is C27H29N3. The van der Waals surface area contributed by atoms with E-state index in [-0.39, 0.29) is 0 Å². The van der Waals surface area contributed by atoms with Crippen molar-refractivity contribution in [1.29, 1.82) is 0 Å². The first-order valence-corrected chi connectivity index (χ1v) is 10.7. The number of rotatable bonds is 5. The van der Waals surface area contributed by atoms with Crippen LogP contribution in [0.25, 0.3) is 33.9 Å². The lowest BCUT2D eigenvalue weighted by molar-refractivity contribution is 0.690. The second-order valence-electron chi connectivity index (χ2n) is 8.16. The van der Waals surface area contributed by atoms with Gasteiger partial charge in [0.2, 0.25) is 0 Å². The average Bonchev–Trinajstić information content (AvgIpc) is 3.08. The van der Waals surface area contributed by atoms with E-state index in [1.807, 2.05) is 12.4 Å². The van der Waals surface area contributed by atoms with Gasteiger partial charge in [0.05, 0.1) is 11.4 Å². The molecule has 0 radical (unpaired) electrons. The van der Waals surface area contributed by atoms with Crippen LogP contribution in [0.5, 0.6) is 0 Å². The van der Waals surface area contributed by atoms with Crippen LogP contribution in [0.1, 0.15) is 35.6 Å². The number of imidazole rings is 1. The molecule has 0 saturated carbocycles. The van der Waals surface area contributed by atoms with Crippen LogP contribution in [0.4, 0.5) is 0 Å². The second-order valence-corrected chi connectivity index (χ2v) is 8.16. The van der Waals surface area contributed by atoms with Crippen LogP contribution in [0.15, 0.2) is 60.9 Å². The van der Waals surface area contributed by atoms with Crippen LogP contribution in [0, 0.1) is 27.7 Å². The van der Waals surface area contributed by atoms with Crippen molar-refractivity contribution in [3.8, 4) is 33.9 Å². The number of nitrogens with zero attached hydrogens (tertiary/aromatic N) is 3. The molecule has 3 nitrogen and oxygen atoms in total. The Morgan fingerprint density at radius 1 is 0.767 bits per heavy atom. The first kappa shape index (κ1) is 20.1. The van der Waals surface area contributed by atoms with E-state index in [0.717, 1.165) is 30.0 Å². The van der Waals surface area contributed by atoms with E-state index in [2.05, 4.69) is 92.7 Å². The van der Waals surface area contributed by atoms with E-state index in [0.29, 0.717) is 0 Å². The minimum Gasteiger partial charge on any atom is -0.323 e. The Hall–Kier alpha value is -3.20. The Kier molecular flexibility index (Phi) is 5.54. The zero-order valence-corrected chi connectivity index (χ0v) is 18.5. The average molecular weight is 396 g/mol. The molecule has 0 saturated heterocycles. The highest BCUT2D eigenvalue weighted by Gasteiger charge is 2.22. The van der Waals surface area contributed by atoms with Crippen LogP contribution >= 0.6 is 0 Å². The Morgan fingerprint density at radius 3 is 2.00 bits per heavy atom. The number of pyridine rings is 1. The van der Waals surface area contributed by atoms with Crippen LogP contribution in [-0.4, -0.2) is 14.5 Å². The summed E-state index contributed by atoms with van der Waals surface area (Å²) in [5.74, 6) is 1.05. The van der Waals surface area contributed by atoms with Crippen molar-refractivity contribution >= 4 is 0 Å². The summed E-state index contributed by atoms with van der Waals surface area (Å²) in [6, 6.07) is 17.4. The molecular weight excluding hydrogens is 366 g/mol. The van der Waals surface area contributed by atoms with E-state index < -0.39 is 0 Å². The maximum Gasteiger partial charge on any atom is 0.141 e. The Labute approximate surface area is 179 Å². The van der Waals surface area contributed by atoms with E-state index in [1.54, 1.807) is 0 Å². The molecule has 0 atom stereocenters. The predicted molar refractivity (Wildman–Crippen MR) is 126 cm³/mol. The highest BCUT2D eigenvalue weighted by Crippen LogP contribution is 2.38. The fraction of sp³-hybridized carbons (Fsp3) is 0.259. The largest absolute Gasteiger partial charge is 0.323 e. The van der Waals surface area contributed by atoms with Gasteiger partial charge in [-0.2, -0.15) is 0 Å². The van der Waals surface area contributed by atoms with Crippen molar-refractivity contribution in [3.05, 3.63) is 83.2 Å². The number of benzene rings is 2. The molecule has 2 heterocycles. The summed E-state index contributed by atoms with van der Waals surface area (Å²) in [6.07, 6.45) is 4.73. The van der Waals surface area contributed by atoms with Gasteiger partial charge < -0.3 is 4.57 Å². The molecule has 0 unspecified atom stereocenters. The van der Waals surface area contributed by atoms with Crippen molar-refractivity contribution in [2.45, 2.75) is 47.6 Å². The lowest BCUT2D eigenvalue weighted by Crippen LogP contribution is -2.04. The summed E-state index contributed by atoms with van der Waals surface area (Å²) in [6.45, 7) is 11.8. The van der Waals surface area contributed by atoms with E-state index in [4.69, 9.17) is 4.98 Å². The van der Waals surface area contributed by atoms with Crippen molar-refractivity contribution in [2.24, 2.45) is 0 Å². The molecule has 4 rings (SSSR count). The molecule has 0 aliphatic heterocycles. The molecule has 152 valence electrons. The lowest BCUT2D eigenvalue weighted by Gasteiger charge is -2.16.